The van der Waals surface area contributed by atoms with Crippen LogP contribution in [0, 0.1) is 0 Å². The standard InChI is InChI=1S/C18H21N3O6S/c1-11(16(22)20(2)12-8-9-28(25,26)10-12)27-18(24)15-13-6-4-5-7-14(13)17(23)21(3)19-15/h4-7,11-12H,8-10H2,1-3H3/t11-,12+/m0/s1. The van der Waals surface area contributed by atoms with Gasteiger partial charge in [-0.15, -0.1) is 0 Å². The number of benzene rings is 1. The molecule has 1 aromatic carbocycles. The van der Waals surface area contributed by atoms with Gasteiger partial charge in [-0.3, -0.25) is 9.59 Å². The smallest absolute Gasteiger partial charge is 0.360 e. The minimum atomic E-state index is -3.14. The number of esters is 1. The summed E-state index contributed by atoms with van der Waals surface area (Å²) >= 11 is 0. The molecule has 0 bridgehead atoms. The Balaban J connectivity index is 1.80. The van der Waals surface area contributed by atoms with Gasteiger partial charge in [0, 0.05) is 25.5 Å². The van der Waals surface area contributed by atoms with Crippen LogP contribution in [0.25, 0.3) is 10.8 Å². The van der Waals surface area contributed by atoms with Crippen LogP contribution in [-0.2, 0) is 26.4 Å². The Morgan fingerprint density at radius 2 is 1.93 bits per heavy atom. The van der Waals surface area contributed by atoms with Crippen molar-refractivity contribution in [2.45, 2.75) is 25.5 Å². The third kappa shape index (κ3) is 3.77. The average molecular weight is 407 g/mol. The van der Waals surface area contributed by atoms with Crippen LogP contribution >= 0.6 is 0 Å². The molecule has 1 amide bonds. The lowest BCUT2D eigenvalue weighted by Gasteiger charge is -2.26. The van der Waals surface area contributed by atoms with Crippen molar-refractivity contribution in [3.63, 3.8) is 0 Å². The predicted molar refractivity (Wildman–Crippen MR) is 102 cm³/mol. The third-order valence-corrected chi connectivity index (χ3v) is 6.64. The van der Waals surface area contributed by atoms with Gasteiger partial charge in [0.2, 0.25) is 0 Å². The number of aryl methyl sites for hydroxylation is 1. The molecule has 9 nitrogen and oxygen atoms in total. The van der Waals surface area contributed by atoms with E-state index in [0.717, 1.165) is 4.68 Å². The molecule has 10 heteroatoms. The summed E-state index contributed by atoms with van der Waals surface area (Å²) in [4.78, 5) is 38.7. The molecule has 0 N–H and O–H groups in total. The highest BCUT2D eigenvalue weighted by Crippen LogP contribution is 2.19. The summed E-state index contributed by atoms with van der Waals surface area (Å²) in [5, 5.41) is 4.64. The molecule has 0 saturated carbocycles. The maximum atomic E-state index is 12.6. The first-order chi connectivity index (χ1) is 13.1. The van der Waals surface area contributed by atoms with Crippen LogP contribution in [0.5, 0.6) is 0 Å². The molecule has 2 heterocycles. The highest BCUT2D eigenvalue weighted by molar-refractivity contribution is 7.91. The van der Waals surface area contributed by atoms with Crippen LogP contribution in [0.3, 0.4) is 0 Å². The topological polar surface area (TPSA) is 116 Å². The van der Waals surface area contributed by atoms with Gasteiger partial charge in [0.15, 0.2) is 21.6 Å². The van der Waals surface area contributed by atoms with E-state index in [1.165, 1.54) is 25.9 Å². The van der Waals surface area contributed by atoms with Crippen LogP contribution in [-0.4, -0.2) is 65.7 Å². The lowest BCUT2D eigenvalue weighted by molar-refractivity contribution is -0.140. The molecule has 1 aliphatic heterocycles. The number of hydrogen-bond donors (Lipinski definition) is 0. The quantitative estimate of drug-likeness (QED) is 0.661. The summed E-state index contributed by atoms with van der Waals surface area (Å²) in [7, 11) is -0.220. The number of fused-ring (bicyclic) bond motifs is 1. The number of rotatable bonds is 4. The van der Waals surface area contributed by atoms with Crippen LogP contribution in [0.1, 0.15) is 23.8 Å². The molecule has 2 atom stereocenters. The Morgan fingerprint density at radius 3 is 2.54 bits per heavy atom. The summed E-state index contributed by atoms with van der Waals surface area (Å²) < 4.78 is 29.6. The van der Waals surface area contributed by atoms with E-state index >= 15 is 0 Å². The number of aromatic nitrogens is 2. The Morgan fingerprint density at radius 1 is 1.29 bits per heavy atom. The molecule has 1 aliphatic rings. The molecular formula is C18H21N3O6S. The van der Waals surface area contributed by atoms with Crippen molar-refractivity contribution in [1.82, 2.24) is 14.7 Å². The number of carbonyl (C=O) groups excluding carboxylic acids is 2. The molecule has 28 heavy (non-hydrogen) atoms. The molecular weight excluding hydrogens is 386 g/mol. The molecule has 0 unspecified atom stereocenters. The molecule has 1 fully saturated rings. The highest BCUT2D eigenvalue weighted by atomic mass is 32.2. The fraction of sp³-hybridized carbons (Fsp3) is 0.444. The summed E-state index contributed by atoms with van der Waals surface area (Å²) in [5.74, 6) is -1.38. The first kappa shape index (κ1) is 20.0. The lowest BCUT2D eigenvalue weighted by Crippen LogP contribution is -2.44. The van der Waals surface area contributed by atoms with Crippen LogP contribution in [0.2, 0.25) is 0 Å². The first-order valence-electron chi connectivity index (χ1n) is 8.75. The van der Waals surface area contributed by atoms with Gasteiger partial charge in [0.05, 0.1) is 16.9 Å². The minimum Gasteiger partial charge on any atom is -0.448 e. The summed E-state index contributed by atoms with van der Waals surface area (Å²) in [6.07, 6.45) is -0.767. The first-order valence-corrected chi connectivity index (χ1v) is 10.6. The Labute approximate surface area is 161 Å². The summed E-state index contributed by atoms with van der Waals surface area (Å²) in [6.45, 7) is 1.42. The van der Waals surface area contributed by atoms with E-state index in [0.29, 0.717) is 17.2 Å². The highest BCUT2D eigenvalue weighted by Gasteiger charge is 2.35. The van der Waals surface area contributed by atoms with Crippen LogP contribution in [0.4, 0.5) is 0 Å². The van der Waals surface area contributed by atoms with E-state index in [4.69, 9.17) is 4.74 Å². The van der Waals surface area contributed by atoms with Gasteiger partial charge in [-0.25, -0.2) is 17.9 Å². The van der Waals surface area contributed by atoms with Crippen LogP contribution < -0.4 is 5.56 Å². The van der Waals surface area contributed by atoms with Gasteiger partial charge in [0.25, 0.3) is 11.5 Å². The van der Waals surface area contributed by atoms with E-state index < -0.39 is 33.9 Å². The molecule has 2 aromatic rings. The molecule has 0 radical (unpaired) electrons. The second-order valence-electron chi connectivity index (χ2n) is 6.88. The van der Waals surface area contributed by atoms with E-state index in [9.17, 15) is 22.8 Å². The maximum absolute atomic E-state index is 12.6. The fourth-order valence-corrected chi connectivity index (χ4v) is 5.04. The second kappa shape index (κ2) is 7.34. The molecule has 0 spiro atoms. The summed E-state index contributed by atoms with van der Waals surface area (Å²) in [6, 6.07) is 6.08. The zero-order valence-corrected chi connectivity index (χ0v) is 16.6. The number of carbonyl (C=O) groups is 2. The number of sulfone groups is 1. The second-order valence-corrected chi connectivity index (χ2v) is 9.11. The SMILES string of the molecule is C[C@H](OC(=O)c1nn(C)c(=O)c2ccccc12)C(=O)N(C)[C@@H]1CCS(=O)(=O)C1. The van der Waals surface area contributed by atoms with E-state index in [-0.39, 0.29) is 22.8 Å². The normalized spacial score (nSPS) is 19.3. The van der Waals surface area contributed by atoms with E-state index in [1.54, 1.807) is 24.3 Å². The largest absolute Gasteiger partial charge is 0.448 e. The number of likely N-dealkylation sites (N-methyl/N-ethyl adjacent to an activating group) is 1. The molecule has 0 aliphatic carbocycles. The molecule has 1 saturated heterocycles. The van der Waals surface area contributed by atoms with Gasteiger partial charge in [-0.1, -0.05) is 18.2 Å². The van der Waals surface area contributed by atoms with Crippen molar-refractivity contribution in [1.29, 1.82) is 0 Å². The summed E-state index contributed by atoms with van der Waals surface area (Å²) in [5.41, 5.74) is -0.415. The molecule has 3 rings (SSSR count). The van der Waals surface area contributed by atoms with Crippen molar-refractivity contribution < 1.29 is 22.7 Å². The van der Waals surface area contributed by atoms with Crippen molar-refractivity contribution in [2.75, 3.05) is 18.6 Å². The number of hydrogen-bond acceptors (Lipinski definition) is 7. The van der Waals surface area contributed by atoms with E-state index in [1.807, 2.05) is 0 Å². The van der Waals surface area contributed by atoms with Crippen molar-refractivity contribution in [3.8, 4) is 0 Å². The van der Waals surface area contributed by atoms with Crippen molar-refractivity contribution >= 4 is 32.5 Å². The average Bonchev–Trinajstić information content (AvgIpc) is 3.03. The Kier molecular flexibility index (Phi) is 5.24. The van der Waals surface area contributed by atoms with Crippen LogP contribution in [0.15, 0.2) is 29.1 Å². The zero-order valence-electron chi connectivity index (χ0n) is 15.8. The van der Waals surface area contributed by atoms with Crippen molar-refractivity contribution in [3.05, 3.63) is 40.3 Å². The molecule has 1 aromatic heterocycles. The van der Waals surface area contributed by atoms with Gasteiger partial charge < -0.3 is 9.64 Å². The zero-order chi connectivity index (χ0) is 20.6. The number of nitrogens with zero attached hydrogens (tertiary/aromatic N) is 3. The lowest BCUT2D eigenvalue weighted by atomic mass is 10.1. The third-order valence-electron chi connectivity index (χ3n) is 4.89. The van der Waals surface area contributed by atoms with Crippen molar-refractivity contribution in [2.24, 2.45) is 7.05 Å². The monoisotopic (exact) mass is 407 g/mol. The molecule has 150 valence electrons. The fourth-order valence-electron chi connectivity index (χ4n) is 3.26. The van der Waals surface area contributed by atoms with Gasteiger partial charge in [-0.05, 0) is 19.4 Å². The Bertz CT molecular complexity index is 1110. The maximum Gasteiger partial charge on any atom is 0.360 e. The minimum absolute atomic E-state index is 0.0391. The van der Waals surface area contributed by atoms with Gasteiger partial charge in [0.1, 0.15) is 0 Å². The number of ether oxygens (including phenoxy) is 1. The van der Waals surface area contributed by atoms with Gasteiger partial charge in [-0.2, -0.15) is 5.10 Å². The predicted octanol–water partition coefficient (Wildman–Crippen LogP) is 0.124. The van der Waals surface area contributed by atoms with Gasteiger partial charge >= 0.3 is 5.97 Å². The Hall–Kier alpha value is -2.75. The van der Waals surface area contributed by atoms with E-state index in [2.05, 4.69) is 5.10 Å². The number of amides is 1.